The lowest BCUT2D eigenvalue weighted by Gasteiger charge is -2.12. The summed E-state index contributed by atoms with van der Waals surface area (Å²) in [5.41, 5.74) is 0.800. The number of hydrogen-bond donors (Lipinski definition) is 0. The van der Waals surface area contributed by atoms with Crippen molar-refractivity contribution in [1.29, 1.82) is 0 Å². The Bertz CT molecular complexity index is 486. The van der Waals surface area contributed by atoms with Crippen LogP contribution in [0.15, 0.2) is 17.0 Å². The highest BCUT2D eigenvalue weighted by molar-refractivity contribution is 8.00. The van der Waals surface area contributed by atoms with Crippen molar-refractivity contribution < 1.29 is 14.0 Å². The van der Waals surface area contributed by atoms with Gasteiger partial charge in [-0.3, -0.25) is 9.59 Å². The molecule has 0 atom stereocenters. The van der Waals surface area contributed by atoms with Crippen molar-refractivity contribution in [1.82, 2.24) is 4.90 Å². The number of thioether (sulfide) groups is 1. The van der Waals surface area contributed by atoms with E-state index in [1.165, 1.54) is 29.7 Å². The van der Waals surface area contributed by atoms with Crippen LogP contribution in [0.2, 0.25) is 0 Å². The Kier molecular flexibility index (Phi) is 4.90. The molecule has 1 amide bonds. The Morgan fingerprint density at radius 1 is 1.33 bits per heavy atom. The van der Waals surface area contributed by atoms with E-state index < -0.39 is 5.82 Å². The molecule has 0 spiro atoms. The first-order valence-corrected chi connectivity index (χ1v) is 6.45. The molecule has 98 valence electrons. The number of hydrogen-bond acceptors (Lipinski definition) is 3. The number of rotatable bonds is 4. The van der Waals surface area contributed by atoms with E-state index in [0.717, 1.165) is 0 Å². The van der Waals surface area contributed by atoms with Gasteiger partial charge < -0.3 is 4.90 Å². The fraction of sp³-hybridized carbons (Fsp3) is 0.385. The second kappa shape index (κ2) is 6.00. The number of nitrogens with zero attached hydrogens (tertiary/aromatic N) is 1. The molecule has 0 heterocycles. The zero-order chi connectivity index (χ0) is 13.9. The number of carbonyl (C=O) groups excluding carboxylic acids is 2. The van der Waals surface area contributed by atoms with Gasteiger partial charge in [0.25, 0.3) is 0 Å². The lowest BCUT2D eigenvalue weighted by molar-refractivity contribution is -0.125. The lowest BCUT2D eigenvalue weighted by atomic mass is 10.1. The largest absolute Gasteiger partial charge is 0.348 e. The van der Waals surface area contributed by atoms with E-state index in [0.29, 0.717) is 16.0 Å². The zero-order valence-electron chi connectivity index (χ0n) is 10.9. The molecular weight excluding hydrogens is 253 g/mol. The van der Waals surface area contributed by atoms with Crippen LogP contribution >= 0.6 is 11.8 Å². The molecule has 1 aromatic rings. The van der Waals surface area contributed by atoms with Crippen LogP contribution in [0.3, 0.4) is 0 Å². The van der Waals surface area contributed by atoms with E-state index in [9.17, 15) is 14.0 Å². The molecule has 0 aliphatic rings. The molecule has 0 unspecified atom stereocenters. The van der Waals surface area contributed by atoms with Crippen LogP contribution in [0, 0.1) is 12.7 Å². The lowest BCUT2D eigenvalue weighted by Crippen LogP contribution is -2.23. The second-order valence-electron chi connectivity index (χ2n) is 4.23. The van der Waals surface area contributed by atoms with Crippen molar-refractivity contribution in [2.75, 3.05) is 19.8 Å². The third kappa shape index (κ3) is 3.57. The van der Waals surface area contributed by atoms with Gasteiger partial charge in [-0.1, -0.05) is 0 Å². The summed E-state index contributed by atoms with van der Waals surface area (Å²) in [5.74, 6) is -0.410. The topological polar surface area (TPSA) is 37.4 Å². The molecule has 0 N–H and O–H groups in total. The molecule has 0 aliphatic carbocycles. The summed E-state index contributed by atoms with van der Waals surface area (Å²) in [6.45, 7) is 3.03. The van der Waals surface area contributed by atoms with Crippen LogP contribution in [-0.2, 0) is 4.79 Å². The normalized spacial score (nSPS) is 10.3. The van der Waals surface area contributed by atoms with Gasteiger partial charge in [-0.05, 0) is 31.5 Å². The fourth-order valence-electron chi connectivity index (χ4n) is 1.32. The highest BCUT2D eigenvalue weighted by Crippen LogP contribution is 2.26. The molecule has 0 radical (unpaired) electrons. The van der Waals surface area contributed by atoms with Crippen LogP contribution in [0.1, 0.15) is 22.8 Å². The standard InChI is InChI=1S/C13H16FNO2S/c1-8-5-12(18-7-13(17)15(3)4)10(9(2)16)6-11(8)14/h5-6H,7H2,1-4H3. The van der Waals surface area contributed by atoms with Crippen molar-refractivity contribution in [2.45, 2.75) is 18.7 Å². The van der Waals surface area contributed by atoms with Crippen LogP contribution in [0.5, 0.6) is 0 Å². The first-order valence-electron chi connectivity index (χ1n) is 5.47. The number of carbonyl (C=O) groups is 2. The molecule has 0 aliphatic heterocycles. The van der Waals surface area contributed by atoms with E-state index in [2.05, 4.69) is 0 Å². The van der Waals surface area contributed by atoms with E-state index in [1.807, 2.05) is 0 Å². The minimum atomic E-state index is -0.400. The number of Topliss-reactive ketones (excluding diaryl/α,β-unsaturated/α-hetero) is 1. The number of benzene rings is 1. The van der Waals surface area contributed by atoms with Gasteiger partial charge in [-0.15, -0.1) is 11.8 Å². The molecule has 18 heavy (non-hydrogen) atoms. The van der Waals surface area contributed by atoms with Gasteiger partial charge in [0.2, 0.25) is 5.91 Å². The van der Waals surface area contributed by atoms with Crippen LogP contribution in [0.25, 0.3) is 0 Å². The molecule has 1 rings (SSSR count). The highest BCUT2D eigenvalue weighted by atomic mass is 32.2. The van der Waals surface area contributed by atoms with Gasteiger partial charge >= 0.3 is 0 Å². The average molecular weight is 269 g/mol. The van der Waals surface area contributed by atoms with E-state index in [4.69, 9.17) is 0 Å². The Balaban J connectivity index is 2.97. The molecule has 5 heteroatoms. The number of aryl methyl sites for hydroxylation is 1. The monoisotopic (exact) mass is 269 g/mol. The summed E-state index contributed by atoms with van der Waals surface area (Å²) in [5, 5.41) is 0. The molecule has 0 fully saturated rings. The summed E-state index contributed by atoms with van der Waals surface area (Å²) in [6, 6.07) is 2.85. The second-order valence-corrected chi connectivity index (χ2v) is 5.25. The molecule has 0 saturated heterocycles. The maximum Gasteiger partial charge on any atom is 0.232 e. The molecule has 1 aromatic carbocycles. The highest BCUT2D eigenvalue weighted by Gasteiger charge is 2.13. The number of ketones is 1. The van der Waals surface area contributed by atoms with Crippen molar-refractivity contribution in [3.8, 4) is 0 Å². The minimum absolute atomic E-state index is 0.0449. The van der Waals surface area contributed by atoms with Crippen LogP contribution in [0.4, 0.5) is 4.39 Å². The zero-order valence-corrected chi connectivity index (χ0v) is 11.7. The summed E-state index contributed by atoms with van der Waals surface area (Å²) in [4.78, 5) is 25.1. The van der Waals surface area contributed by atoms with E-state index in [1.54, 1.807) is 27.1 Å². The quantitative estimate of drug-likeness (QED) is 0.622. The summed E-state index contributed by atoms with van der Waals surface area (Å²) < 4.78 is 13.4. The third-order valence-corrected chi connectivity index (χ3v) is 3.53. The SMILES string of the molecule is CC(=O)c1cc(F)c(C)cc1SCC(=O)N(C)C. The Morgan fingerprint density at radius 2 is 1.94 bits per heavy atom. The smallest absolute Gasteiger partial charge is 0.232 e. The first-order chi connectivity index (χ1) is 8.32. The fourth-order valence-corrected chi connectivity index (χ4v) is 2.47. The summed E-state index contributed by atoms with van der Waals surface area (Å²) >= 11 is 1.26. The predicted molar refractivity (Wildman–Crippen MR) is 70.6 cm³/mol. The first kappa shape index (κ1) is 14.7. The summed E-state index contributed by atoms with van der Waals surface area (Å²) in [6.07, 6.45) is 0. The van der Waals surface area contributed by atoms with Gasteiger partial charge in [0.1, 0.15) is 5.82 Å². The van der Waals surface area contributed by atoms with E-state index >= 15 is 0 Å². The van der Waals surface area contributed by atoms with Crippen molar-refractivity contribution in [2.24, 2.45) is 0 Å². The maximum atomic E-state index is 13.4. The van der Waals surface area contributed by atoms with Crippen molar-refractivity contribution >= 4 is 23.5 Å². The molecular formula is C13H16FNO2S. The van der Waals surface area contributed by atoms with Crippen molar-refractivity contribution in [3.63, 3.8) is 0 Å². The van der Waals surface area contributed by atoms with Crippen LogP contribution < -0.4 is 0 Å². The van der Waals surface area contributed by atoms with Crippen LogP contribution in [-0.4, -0.2) is 36.4 Å². The van der Waals surface area contributed by atoms with Gasteiger partial charge in [-0.2, -0.15) is 0 Å². The average Bonchev–Trinajstić information content (AvgIpc) is 2.29. The van der Waals surface area contributed by atoms with E-state index in [-0.39, 0.29) is 17.4 Å². The number of halogens is 1. The van der Waals surface area contributed by atoms with Gasteiger partial charge in [0.15, 0.2) is 5.78 Å². The van der Waals surface area contributed by atoms with Gasteiger partial charge in [0, 0.05) is 24.6 Å². The maximum absolute atomic E-state index is 13.4. The molecule has 0 bridgehead atoms. The Morgan fingerprint density at radius 3 is 2.44 bits per heavy atom. The molecule has 0 saturated carbocycles. The predicted octanol–water partition coefficient (Wildman–Crippen LogP) is 2.52. The Hall–Kier alpha value is -1.36. The van der Waals surface area contributed by atoms with Gasteiger partial charge in [0.05, 0.1) is 5.75 Å². The minimum Gasteiger partial charge on any atom is -0.348 e. The van der Waals surface area contributed by atoms with Gasteiger partial charge in [-0.25, -0.2) is 4.39 Å². The Labute approximate surface area is 110 Å². The van der Waals surface area contributed by atoms with Crippen molar-refractivity contribution in [3.05, 3.63) is 29.1 Å². The summed E-state index contributed by atoms with van der Waals surface area (Å²) in [7, 11) is 3.34. The third-order valence-electron chi connectivity index (χ3n) is 2.49. The number of amides is 1. The molecule has 3 nitrogen and oxygen atoms in total. The molecule has 0 aromatic heterocycles.